The second-order valence-corrected chi connectivity index (χ2v) is 2.98. The van der Waals surface area contributed by atoms with Crippen LogP contribution in [0.4, 0.5) is 0 Å². The van der Waals surface area contributed by atoms with Crippen molar-refractivity contribution < 1.29 is 25.2 Å². The predicted octanol–water partition coefficient (Wildman–Crippen LogP) is -1.98. The van der Waals surface area contributed by atoms with Crippen molar-refractivity contribution in [3.8, 4) is 0 Å². The van der Waals surface area contributed by atoms with E-state index >= 15 is 0 Å². The summed E-state index contributed by atoms with van der Waals surface area (Å²) in [7, 11) is 0. The first kappa shape index (κ1) is 12.0. The van der Waals surface area contributed by atoms with E-state index < -0.39 is 24.4 Å². The Balaban J connectivity index is 4.07. The van der Waals surface area contributed by atoms with Crippen molar-refractivity contribution in [1.82, 2.24) is 0 Å². The van der Waals surface area contributed by atoms with Gasteiger partial charge in [-0.05, 0) is 0 Å². The summed E-state index contributed by atoms with van der Waals surface area (Å²) in [6, 6.07) is 0. The molecule has 0 amide bonds. The average Bonchev–Trinajstić information content (AvgIpc) is 2.12. The Hall–Kier alpha value is -0.01000. The van der Waals surface area contributed by atoms with Crippen molar-refractivity contribution in [1.29, 1.82) is 0 Å². The average molecular weight is 243 g/mol. The minimum Gasteiger partial charge on any atom is -0.389 e. The Morgan fingerprint density at radius 2 is 1.67 bits per heavy atom. The van der Waals surface area contributed by atoms with Crippen molar-refractivity contribution >= 4 is 22.2 Å². The van der Waals surface area contributed by atoms with Gasteiger partial charge in [0.1, 0.15) is 18.3 Å². The van der Waals surface area contributed by atoms with Gasteiger partial charge in [-0.15, -0.1) is 0 Å². The summed E-state index contributed by atoms with van der Waals surface area (Å²) in [5, 5.41) is 35.8. The molecule has 5 nitrogen and oxygen atoms in total. The molecule has 0 aromatic rings. The van der Waals surface area contributed by atoms with Crippen molar-refractivity contribution in [2.24, 2.45) is 0 Å². The highest BCUT2D eigenvalue weighted by Gasteiger charge is 2.29. The molecular weight excluding hydrogens is 232 g/mol. The van der Waals surface area contributed by atoms with Gasteiger partial charge in [-0.3, -0.25) is 0 Å². The zero-order valence-electron chi connectivity index (χ0n) is 6.17. The Bertz CT molecular complexity index is 142. The van der Waals surface area contributed by atoms with Crippen molar-refractivity contribution in [2.45, 2.75) is 24.4 Å². The second kappa shape index (κ2) is 5.60. The normalized spacial score (nSPS) is 21.1. The smallest absolute Gasteiger partial charge is 0.151 e. The summed E-state index contributed by atoms with van der Waals surface area (Å²) in [6.07, 6.45) is -5.99. The molecule has 0 aliphatic carbocycles. The topological polar surface area (TPSA) is 98.0 Å². The molecule has 6 heteroatoms. The lowest BCUT2D eigenvalue weighted by Crippen LogP contribution is -2.45. The van der Waals surface area contributed by atoms with Gasteiger partial charge in [0, 0.05) is 5.33 Å². The van der Waals surface area contributed by atoms with Gasteiger partial charge in [-0.2, -0.15) is 0 Å². The third kappa shape index (κ3) is 3.16. The summed E-state index contributed by atoms with van der Waals surface area (Å²) < 4.78 is 0. The van der Waals surface area contributed by atoms with Gasteiger partial charge < -0.3 is 25.2 Å². The molecule has 72 valence electrons. The van der Waals surface area contributed by atoms with Crippen LogP contribution in [0.3, 0.4) is 0 Å². The summed E-state index contributed by atoms with van der Waals surface area (Å²) in [4.78, 5) is 9.95. The second-order valence-electron chi connectivity index (χ2n) is 2.33. The number of alkyl halides is 1. The van der Waals surface area contributed by atoms with Gasteiger partial charge in [0.15, 0.2) is 6.29 Å². The maximum Gasteiger partial charge on any atom is 0.151 e. The number of aldehydes is 1. The van der Waals surface area contributed by atoms with Crippen LogP contribution in [0.25, 0.3) is 0 Å². The Morgan fingerprint density at radius 3 is 2.00 bits per heavy atom. The molecule has 0 aromatic carbocycles. The highest BCUT2D eigenvalue weighted by molar-refractivity contribution is 9.09. The van der Waals surface area contributed by atoms with Crippen LogP contribution in [0.5, 0.6) is 0 Å². The van der Waals surface area contributed by atoms with E-state index in [2.05, 4.69) is 15.9 Å². The lowest BCUT2D eigenvalue weighted by molar-refractivity contribution is -0.131. The van der Waals surface area contributed by atoms with Gasteiger partial charge in [0.05, 0.1) is 6.10 Å². The standard InChI is InChI=1S/C6H11BrO5/c7-1-3(9)5(11)6(12)4(10)2-8/h2-6,9-12H,1H2/t3-,4+,5+,6-/m0/s1. The highest BCUT2D eigenvalue weighted by Crippen LogP contribution is 2.05. The van der Waals surface area contributed by atoms with Crippen LogP contribution in [0.15, 0.2) is 0 Å². The molecule has 0 radical (unpaired) electrons. The van der Waals surface area contributed by atoms with Gasteiger partial charge in [-0.25, -0.2) is 0 Å². The fourth-order valence-corrected chi connectivity index (χ4v) is 0.984. The number of hydrogen-bond donors (Lipinski definition) is 4. The number of halogens is 1. The zero-order valence-corrected chi connectivity index (χ0v) is 7.75. The molecule has 0 spiro atoms. The molecule has 0 rings (SSSR count). The van der Waals surface area contributed by atoms with Gasteiger partial charge >= 0.3 is 0 Å². The van der Waals surface area contributed by atoms with Crippen LogP contribution < -0.4 is 0 Å². The number of aliphatic hydroxyl groups is 4. The maximum atomic E-state index is 9.95. The molecule has 12 heavy (non-hydrogen) atoms. The molecule has 0 saturated heterocycles. The van der Waals surface area contributed by atoms with E-state index in [1.165, 1.54) is 0 Å². The zero-order chi connectivity index (χ0) is 9.72. The lowest BCUT2D eigenvalue weighted by atomic mass is 10.1. The van der Waals surface area contributed by atoms with E-state index in [-0.39, 0.29) is 11.6 Å². The third-order valence-electron chi connectivity index (χ3n) is 1.39. The van der Waals surface area contributed by atoms with E-state index in [0.29, 0.717) is 0 Å². The van der Waals surface area contributed by atoms with Crippen molar-refractivity contribution in [3.63, 3.8) is 0 Å². The fraction of sp³-hybridized carbons (Fsp3) is 0.833. The Morgan fingerprint density at radius 1 is 1.17 bits per heavy atom. The number of rotatable bonds is 5. The van der Waals surface area contributed by atoms with Gasteiger partial charge in [-0.1, -0.05) is 15.9 Å². The van der Waals surface area contributed by atoms with Gasteiger partial charge in [0.25, 0.3) is 0 Å². The van der Waals surface area contributed by atoms with E-state index in [9.17, 15) is 4.79 Å². The first-order chi connectivity index (χ1) is 5.54. The highest BCUT2D eigenvalue weighted by atomic mass is 79.9. The molecule has 0 aliphatic rings. The van der Waals surface area contributed by atoms with Gasteiger partial charge in [0.2, 0.25) is 0 Å². The van der Waals surface area contributed by atoms with Crippen LogP contribution in [-0.2, 0) is 4.79 Å². The predicted molar refractivity (Wildman–Crippen MR) is 43.9 cm³/mol. The summed E-state index contributed by atoms with van der Waals surface area (Å²) in [5.74, 6) is 0. The molecule has 0 aliphatic heterocycles. The quantitative estimate of drug-likeness (QED) is 0.331. The lowest BCUT2D eigenvalue weighted by Gasteiger charge is -2.22. The van der Waals surface area contributed by atoms with Crippen molar-refractivity contribution in [2.75, 3.05) is 5.33 Å². The fourth-order valence-electron chi connectivity index (χ4n) is 0.601. The van der Waals surface area contributed by atoms with Crippen molar-refractivity contribution in [3.05, 3.63) is 0 Å². The number of aliphatic hydroxyl groups excluding tert-OH is 4. The van der Waals surface area contributed by atoms with E-state index in [1.54, 1.807) is 0 Å². The molecule has 0 heterocycles. The number of carbonyl (C=O) groups is 1. The van der Waals surface area contributed by atoms with Crippen LogP contribution in [-0.4, -0.2) is 56.5 Å². The maximum absolute atomic E-state index is 9.95. The monoisotopic (exact) mass is 242 g/mol. The minimum absolute atomic E-state index is 0.0524. The molecule has 0 bridgehead atoms. The molecule has 4 atom stereocenters. The first-order valence-corrected chi connectivity index (χ1v) is 4.40. The SMILES string of the molecule is O=C[C@@H](O)[C@H](O)[C@H](O)[C@@H](O)CBr. The number of hydrogen-bond acceptors (Lipinski definition) is 5. The summed E-state index contributed by atoms with van der Waals surface area (Å²) >= 11 is 2.86. The third-order valence-corrected chi connectivity index (χ3v) is 2.05. The minimum atomic E-state index is -1.67. The van der Waals surface area contributed by atoms with Crippen LogP contribution in [0.1, 0.15) is 0 Å². The molecule has 4 N–H and O–H groups in total. The first-order valence-electron chi connectivity index (χ1n) is 3.28. The Kier molecular flexibility index (Phi) is 5.60. The molecule has 0 saturated carbocycles. The molecule has 0 unspecified atom stereocenters. The molecule has 0 aromatic heterocycles. The summed E-state index contributed by atoms with van der Waals surface area (Å²) in [5.41, 5.74) is 0. The molecular formula is C6H11BrO5. The largest absolute Gasteiger partial charge is 0.389 e. The van der Waals surface area contributed by atoms with E-state index in [4.69, 9.17) is 20.4 Å². The van der Waals surface area contributed by atoms with Crippen LogP contribution in [0, 0.1) is 0 Å². The van der Waals surface area contributed by atoms with Crippen LogP contribution >= 0.6 is 15.9 Å². The Labute approximate surface area is 77.8 Å². The summed E-state index contributed by atoms with van der Waals surface area (Å²) in [6.45, 7) is 0. The van der Waals surface area contributed by atoms with Crippen LogP contribution in [0.2, 0.25) is 0 Å². The van der Waals surface area contributed by atoms with E-state index in [1.807, 2.05) is 0 Å². The molecule has 0 fully saturated rings. The van der Waals surface area contributed by atoms with E-state index in [0.717, 1.165) is 0 Å². The number of carbonyl (C=O) groups excluding carboxylic acids is 1.